The van der Waals surface area contributed by atoms with Crippen molar-refractivity contribution in [1.82, 2.24) is 0 Å². The Morgan fingerprint density at radius 3 is 2.23 bits per heavy atom. The van der Waals surface area contributed by atoms with Gasteiger partial charge in [0.2, 0.25) is 0 Å². The molecule has 1 aromatic rings. The fraction of sp³-hybridized carbons (Fsp3) is 0.385. The number of aliphatic hydroxyl groups is 3. The van der Waals surface area contributed by atoms with E-state index in [2.05, 4.69) is 4.74 Å². The fourth-order valence-electron chi connectivity index (χ4n) is 1.96. The monoisotopic (exact) mass is 316 g/mol. The van der Waals surface area contributed by atoms with Crippen LogP contribution in [0.25, 0.3) is 0 Å². The van der Waals surface area contributed by atoms with Crippen LogP contribution in [0.3, 0.4) is 0 Å². The molecule has 0 aliphatic carbocycles. The molecule has 2 rings (SSSR count). The number of ether oxygens (including phenoxy) is 2. The van der Waals surface area contributed by atoms with E-state index in [1.54, 1.807) is 0 Å². The standard InChI is InChI=1S/C13H13FO8/c14-6-3-1-5(2-4-6)12(19)21-9-7(15)8(16)13(20)22-10(9)11(17)18/h1-4,7-10,13,15-16,20H,(H,17,18)/t7-,8-,9+,10+,13+/m1/s1. The summed E-state index contributed by atoms with van der Waals surface area (Å²) in [7, 11) is 0. The van der Waals surface area contributed by atoms with Crippen molar-refractivity contribution in [3.05, 3.63) is 35.6 Å². The number of aliphatic carboxylic acids is 1. The van der Waals surface area contributed by atoms with Crippen LogP contribution in [0.5, 0.6) is 0 Å². The van der Waals surface area contributed by atoms with Gasteiger partial charge in [0, 0.05) is 0 Å². The molecular weight excluding hydrogens is 303 g/mol. The molecule has 22 heavy (non-hydrogen) atoms. The van der Waals surface area contributed by atoms with Gasteiger partial charge in [-0.3, -0.25) is 0 Å². The first-order valence-corrected chi connectivity index (χ1v) is 6.20. The van der Waals surface area contributed by atoms with Crippen LogP contribution in [0.1, 0.15) is 10.4 Å². The molecule has 1 heterocycles. The minimum atomic E-state index is -1.93. The van der Waals surface area contributed by atoms with E-state index in [9.17, 15) is 29.3 Å². The molecule has 1 fully saturated rings. The highest BCUT2D eigenvalue weighted by Gasteiger charge is 2.49. The smallest absolute Gasteiger partial charge is 0.338 e. The third-order valence-corrected chi connectivity index (χ3v) is 3.13. The highest BCUT2D eigenvalue weighted by Crippen LogP contribution is 2.23. The van der Waals surface area contributed by atoms with E-state index < -0.39 is 48.5 Å². The molecule has 0 saturated carbocycles. The fourth-order valence-corrected chi connectivity index (χ4v) is 1.96. The maximum absolute atomic E-state index is 12.8. The molecular formula is C13H13FO8. The van der Waals surface area contributed by atoms with Gasteiger partial charge in [-0.25, -0.2) is 14.0 Å². The summed E-state index contributed by atoms with van der Waals surface area (Å²) in [5.74, 6) is -3.22. The zero-order chi connectivity index (χ0) is 16.4. The lowest BCUT2D eigenvalue weighted by Gasteiger charge is -2.38. The normalized spacial score (nSPS) is 31.5. The Labute approximate surface area is 123 Å². The van der Waals surface area contributed by atoms with Gasteiger partial charge >= 0.3 is 11.9 Å². The maximum atomic E-state index is 12.8. The number of aliphatic hydroxyl groups excluding tert-OH is 3. The number of hydrogen-bond acceptors (Lipinski definition) is 7. The molecule has 5 atom stereocenters. The highest BCUT2D eigenvalue weighted by atomic mass is 19.1. The van der Waals surface area contributed by atoms with Crippen LogP contribution < -0.4 is 0 Å². The molecule has 0 spiro atoms. The van der Waals surface area contributed by atoms with Gasteiger partial charge in [-0.2, -0.15) is 0 Å². The second kappa shape index (κ2) is 6.36. The molecule has 120 valence electrons. The molecule has 8 nitrogen and oxygen atoms in total. The van der Waals surface area contributed by atoms with Crippen LogP contribution in [-0.4, -0.2) is 63.1 Å². The van der Waals surface area contributed by atoms with Crippen molar-refractivity contribution in [3.8, 4) is 0 Å². The first-order chi connectivity index (χ1) is 10.3. The van der Waals surface area contributed by atoms with E-state index in [0.29, 0.717) is 0 Å². The van der Waals surface area contributed by atoms with Crippen molar-refractivity contribution in [2.45, 2.75) is 30.7 Å². The average Bonchev–Trinajstić information content (AvgIpc) is 2.47. The quantitative estimate of drug-likeness (QED) is 0.515. The van der Waals surface area contributed by atoms with Crippen molar-refractivity contribution in [2.24, 2.45) is 0 Å². The van der Waals surface area contributed by atoms with Crippen LogP contribution >= 0.6 is 0 Å². The molecule has 0 unspecified atom stereocenters. The zero-order valence-corrected chi connectivity index (χ0v) is 11.0. The van der Waals surface area contributed by atoms with E-state index in [1.807, 2.05) is 0 Å². The Bertz CT molecular complexity index is 560. The number of carboxylic acids is 1. The van der Waals surface area contributed by atoms with E-state index in [1.165, 1.54) is 0 Å². The molecule has 0 amide bonds. The second-order valence-corrected chi connectivity index (χ2v) is 4.64. The van der Waals surface area contributed by atoms with Gasteiger partial charge in [0.1, 0.15) is 18.0 Å². The third-order valence-electron chi connectivity index (χ3n) is 3.13. The van der Waals surface area contributed by atoms with Crippen LogP contribution in [0.4, 0.5) is 4.39 Å². The number of carbonyl (C=O) groups excluding carboxylic acids is 1. The Kier molecular flexibility index (Phi) is 4.71. The summed E-state index contributed by atoms with van der Waals surface area (Å²) < 4.78 is 22.2. The summed E-state index contributed by atoms with van der Waals surface area (Å²) in [6.45, 7) is 0. The molecule has 1 aliphatic heterocycles. The number of rotatable bonds is 3. The van der Waals surface area contributed by atoms with Gasteiger partial charge in [0.15, 0.2) is 18.5 Å². The van der Waals surface area contributed by atoms with Crippen molar-refractivity contribution < 1.29 is 43.9 Å². The summed E-state index contributed by atoms with van der Waals surface area (Å²) >= 11 is 0. The highest BCUT2D eigenvalue weighted by molar-refractivity contribution is 5.89. The number of carboxylic acid groups (broad SMARTS) is 1. The van der Waals surface area contributed by atoms with Crippen LogP contribution in [-0.2, 0) is 14.3 Å². The number of benzene rings is 1. The molecule has 1 saturated heterocycles. The van der Waals surface area contributed by atoms with Gasteiger partial charge in [0.25, 0.3) is 0 Å². The summed E-state index contributed by atoms with van der Waals surface area (Å²) in [4.78, 5) is 22.9. The third kappa shape index (κ3) is 3.22. The Hall–Kier alpha value is -2.07. The van der Waals surface area contributed by atoms with Gasteiger partial charge in [-0.1, -0.05) is 0 Å². The summed E-state index contributed by atoms with van der Waals surface area (Å²) in [5.41, 5.74) is -0.0849. The minimum absolute atomic E-state index is 0.0849. The Morgan fingerprint density at radius 1 is 1.09 bits per heavy atom. The van der Waals surface area contributed by atoms with Gasteiger partial charge in [0.05, 0.1) is 5.56 Å². The predicted molar refractivity (Wildman–Crippen MR) is 66.1 cm³/mol. The topological polar surface area (TPSA) is 134 Å². The van der Waals surface area contributed by atoms with Crippen LogP contribution in [0.15, 0.2) is 24.3 Å². The van der Waals surface area contributed by atoms with Gasteiger partial charge in [-0.05, 0) is 24.3 Å². The average molecular weight is 316 g/mol. The van der Waals surface area contributed by atoms with Gasteiger partial charge in [-0.15, -0.1) is 0 Å². The second-order valence-electron chi connectivity index (χ2n) is 4.64. The van der Waals surface area contributed by atoms with E-state index in [-0.39, 0.29) is 5.56 Å². The van der Waals surface area contributed by atoms with E-state index >= 15 is 0 Å². The van der Waals surface area contributed by atoms with Gasteiger partial charge < -0.3 is 29.9 Å². The summed E-state index contributed by atoms with van der Waals surface area (Å²) in [5, 5.41) is 37.5. The zero-order valence-electron chi connectivity index (χ0n) is 11.0. The predicted octanol–water partition coefficient (Wildman–Crippen LogP) is -1.13. The van der Waals surface area contributed by atoms with Crippen molar-refractivity contribution in [3.63, 3.8) is 0 Å². The molecule has 1 aromatic carbocycles. The lowest BCUT2D eigenvalue weighted by Crippen LogP contribution is -2.61. The van der Waals surface area contributed by atoms with E-state index in [4.69, 9.17) is 9.84 Å². The number of carbonyl (C=O) groups is 2. The first kappa shape index (κ1) is 16.3. The largest absolute Gasteiger partial charge is 0.479 e. The Morgan fingerprint density at radius 2 is 1.68 bits per heavy atom. The van der Waals surface area contributed by atoms with Crippen molar-refractivity contribution in [2.75, 3.05) is 0 Å². The molecule has 1 aliphatic rings. The molecule has 0 bridgehead atoms. The molecule has 0 radical (unpaired) electrons. The lowest BCUT2D eigenvalue weighted by atomic mass is 9.98. The molecule has 4 N–H and O–H groups in total. The number of esters is 1. The van der Waals surface area contributed by atoms with E-state index in [0.717, 1.165) is 24.3 Å². The molecule has 0 aromatic heterocycles. The van der Waals surface area contributed by atoms with Crippen LogP contribution in [0, 0.1) is 5.82 Å². The molecule has 9 heteroatoms. The Balaban J connectivity index is 2.18. The SMILES string of the molecule is O=C(O[C@H]1[C@H](O)[C@@H](O)[C@@H](O)O[C@@H]1C(=O)O)c1ccc(F)cc1. The number of halogens is 1. The summed E-state index contributed by atoms with van der Waals surface area (Å²) in [6, 6.07) is 4.21. The van der Waals surface area contributed by atoms with Crippen LogP contribution in [0.2, 0.25) is 0 Å². The first-order valence-electron chi connectivity index (χ1n) is 6.20. The lowest BCUT2D eigenvalue weighted by molar-refractivity contribution is -0.279. The van der Waals surface area contributed by atoms with Crippen molar-refractivity contribution in [1.29, 1.82) is 0 Å². The van der Waals surface area contributed by atoms with Crippen molar-refractivity contribution >= 4 is 11.9 Å². The number of hydrogen-bond donors (Lipinski definition) is 4. The minimum Gasteiger partial charge on any atom is -0.479 e. The maximum Gasteiger partial charge on any atom is 0.338 e. The summed E-state index contributed by atoms with van der Waals surface area (Å²) in [6.07, 6.45) is -9.25.